The molecule has 4 nitrogen and oxygen atoms in total. The lowest BCUT2D eigenvalue weighted by Crippen LogP contribution is -1.97. The highest BCUT2D eigenvalue weighted by Crippen LogP contribution is 2.35. The summed E-state index contributed by atoms with van der Waals surface area (Å²) < 4.78 is 10.5. The van der Waals surface area contributed by atoms with Gasteiger partial charge in [0.15, 0.2) is 0 Å². The molecule has 0 heterocycles. The van der Waals surface area contributed by atoms with Crippen LogP contribution in [0.2, 0.25) is 5.02 Å². The molecule has 0 saturated carbocycles. The average molecular weight is 293 g/mol. The molecular formula is C15H13ClO4. The smallest absolute Gasteiger partial charge is 0.337 e. The maximum atomic E-state index is 11.0. The SMILES string of the molecule is COc1ccc(-c2ccc(C(=O)O)c(Cl)c2)c(OC)c1. The first kappa shape index (κ1) is 14.2. The lowest BCUT2D eigenvalue weighted by molar-refractivity contribution is 0.0697. The molecule has 0 aliphatic heterocycles. The van der Waals surface area contributed by atoms with Crippen molar-refractivity contribution < 1.29 is 19.4 Å². The van der Waals surface area contributed by atoms with Crippen LogP contribution in [0.4, 0.5) is 0 Å². The zero-order valence-corrected chi connectivity index (χ0v) is 11.8. The van der Waals surface area contributed by atoms with Crippen LogP contribution in [0, 0.1) is 0 Å². The van der Waals surface area contributed by atoms with Crippen molar-refractivity contribution in [2.45, 2.75) is 0 Å². The number of methoxy groups -OCH3 is 2. The summed E-state index contributed by atoms with van der Waals surface area (Å²) in [5.41, 5.74) is 1.66. The molecule has 1 N–H and O–H groups in total. The van der Waals surface area contributed by atoms with Crippen molar-refractivity contribution in [2.75, 3.05) is 14.2 Å². The van der Waals surface area contributed by atoms with Crippen molar-refractivity contribution in [3.05, 3.63) is 47.0 Å². The van der Waals surface area contributed by atoms with Crippen LogP contribution in [0.25, 0.3) is 11.1 Å². The minimum absolute atomic E-state index is 0.0721. The van der Waals surface area contributed by atoms with Gasteiger partial charge in [-0.1, -0.05) is 17.7 Å². The first-order chi connectivity index (χ1) is 9.56. The summed E-state index contributed by atoms with van der Waals surface area (Å²) in [5, 5.41) is 9.16. The highest BCUT2D eigenvalue weighted by Gasteiger charge is 2.12. The average Bonchev–Trinajstić information content (AvgIpc) is 2.46. The molecule has 0 amide bonds. The number of carbonyl (C=O) groups is 1. The highest BCUT2D eigenvalue weighted by molar-refractivity contribution is 6.33. The van der Waals surface area contributed by atoms with Crippen LogP contribution in [-0.4, -0.2) is 25.3 Å². The van der Waals surface area contributed by atoms with Gasteiger partial charge >= 0.3 is 5.97 Å². The van der Waals surface area contributed by atoms with E-state index in [0.29, 0.717) is 11.5 Å². The number of hydrogen-bond acceptors (Lipinski definition) is 3. The van der Waals surface area contributed by atoms with Gasteiger partial charge in [0.1, 0.15) is 11.5 Å². The summed E-state index contributed by atoms with van der Waals surface area (Å²) in [6.07, 6.45) is 0. The molecule has 0 aromatic heterocycles. The number of hydrogen-bond donors (Lipinski definition) is 1. The van der Waals surface area contributed by atoms with Gasteiger partial charge in [-0.05, 0) is 29.8 Å². The first-order valence-electron chi connectivity index (χ1n) is 5.82. The molecule has 0 fully saturated rings. The van der Waals surface area contributed by atoms with E-state index < -0.39 is 5.97 Å². The fourth-order valence-electron chi connectivity index (χ4n) is 1.89. The molecule has 2 aromatic rings. The minimum atomic E-state index is -1.05. The molecule has 5 heteroatoms. The Balaban J connectivity index is 2.51. The molecule has 0 aliphatic carbocycles. The van der Waals surface area contributed by atoms with Crippen LogP contribution in [0.5, 0.6) is 11.5 Å². The lowest BCUT2D eigenvalue weighted by Gasteiger charge is -2.11. The standard InChI is InChI=1S/C15H13ClO4/c1-19-10-4-6-11(14(8-10)20-2)9-3-5-12(15(17)18)13(16)7-9/h3-8H,1-2H3,(H,17,18). The Morgan fingerprint density at radius 1 is 1.10 bits per heavy atom. The van der Waals surface area contributed by atoms with Gasteiger partial charge in [0.25, 0.3) is 0 Å². The van der Waals surface area contributed by atoms with Gasteiger partial charge in [-0.15, -0.1) is 0 Å². The number of rotatable bonds is 4. The number of carboxylic acid groups (broad SMARTS) is 1. The van der Waals surface area contributed by atoms with Crippen LogP contribution in [0.15, 0.2) is 36.4 Å². The van der Waals surface area contributed by atoms with Gasteiger partial charge in [-0.3, -0.25) is 0 Å². The first-order valence-corrected chi connectivity index (χ1v) is 6.20. The van der Waals surface area contributed by atoms with Crippen LogP contribution in [0.1, 0.15) is 10.4 Å². The van der Waals surface area contributed by atoms with Crippen LogP contribution in [-0.2, 0) is 0 Å². The molecule has 0 unspecified atom stereocenters. The molecule has 0 radical (unpaired) electrons. The van der Waals surface area contributed by atoms with Crippen LogP contribution in [0.3, 0.4) is 0 Å². The molecule has 20 heavy (non-hydrogen) atoms. The fourth-order valence-corrected chi connectivity index (χ4v) is 2.15. The van der Waals surface area contributed by atoms with E-state index in [1.165, 1.54) is 6.07 Å². The second-order valence-corrected chi connectivity index (χ2v) is 4.47. The summed E-state index contributed by atoms with van der Waals surface area (Å²) in [4.78, 5) is 11.0. The number of halogens is 1. The summed E-state index contributed by atoms with van der Waals surface area (Å²) in [6.45, 7) is 0. The topological polar surface area (TPSA) is 55.8 Å². The second kappa shape index (κ2) is 5.84. The number of aromatic carboxylic acids is 1. The molecule has 0 spiro atoms. The van der Waals surface area contributed by atoms with E-state index in [2.05, 4.69) is 0 Å². The monoisotopic (exact) mass is 292 g/mol. The predicted molar refractivity (Wildman–Crippen MR) is 77.0 cm³/mol. The Labute approximate surface area is 121 Å². The molecule has 2 aromatic carbocycles. The molecule has 0 saturated heterocycles. The Kier molecular flexibility index (Phi) is 4.15. The van der Waals surface area contributed by atoms with Gasteiger partial charge in [0.2, 0.25) is 0 Å². The van der Waals surface area contributed by atoms with E-state index >= 15 is 0 Å². The van der Waals surface area contributed by atoms with Gasteiger partial charge in [0.05, 0.1) is 24.8 Å². The maximum absolute atomic E-state index is 11.0. The molecule has 0 aliphatic rings. The largest absolute Gasteiger partial charge is 0.497 e. The zero-order valence-electron chi connectivity index (χ0n) is 11.0. The quantitative estimate of drug-likeness (QED) is 0.933. The summed E-state index contributed by atoms with van der Waals surface area (Å²) >= 11 is 5.98. The Morgan fingerprint density at radius 2 is 1.85 bits per heavy atom. The van der Waals surface area contributed by atoms with Gasteiger partial charge in [-0.25, -0.2) is 4.79 Å². The third-order valence-corrected chi connectivity index (χ3v) is 3.23. The number of carboxylic acids is 1. The number of ether oxygens (including phenoxy) is 2. The molecular weight excluding hydrogens is 280 g/mol. The maximum Gasteiger partial charge on any atom is 0.337 e. The second-order valence-electron chi connectivity index (χ2n) is 4.07. The van der Waals surface area contributed by atoms with Crippen molar-refractivity contribution in [2.24, 2.45) is 0 Å². The van der Waals surface area contributed by atoms with Gasteiger partial charge in [-0.2, -0.15) is 0 Å². The van der Waals surface area contributed by atoms with Crippen molar-refractivity contribution in [3.8, 4) is 22.6 Å². The Bertz CT molecular complexity index is 652. The molecule has 0 bridgehead atoms. The third kappa shape index (κ3) is 2.70. The lowest BCUT2D eigenvalue weighted by atomic mass is 10.0. The van der Waals surface area contributed by atoms with Gasteiger partial charge in [0, 0.05) is 11.6 Å². The molecule has 0 atom stereocenters. The van der Waals surface area contributed by atoms with E-state index in [-0.39, 0.29) is 10.6 Å². The van der Waals surface area contributed by atoms with Crippen molar-refractivity contribution in [1.29, 1.82) is 0 Å². The van der Waals surface area contributed by atoms with E-state index in [4.69, 9.17) is 26.2 Å². The predicted octanol–water partition coefficient (Wildman–Crippen LogP) is 3.72. The van der Waals surface area contributed by atoms with Crippen LogP contribution >= 0.6 is 11.6 Å². The summed E-state index contributed by atoms with van der Waals surface area (Å²) in [5.74, 6) is 0.255. The fraction of sp³-hybridized carbons (Fsp3) is 0.133. The summed E-state index contributed by atoms with van der Waals surface area (Å²) in [7, 11) is 3.14. The number of benzene rings is 2. The molecule has 2 rings (SSSR count). The van der Waals surface area contributed by atoms with Crippen molar-refractivity contribution in [3.63, 3.8) is 0 Å². The van der Waals surface area contributed by atoms with E-state index in [1.54, 1.807) is 38.5 Å². The van der Waals surface area contributed by atoms with Crippen molar-refractivity contribution >= 4 is 17.6 Å². The van der Waals surface area contributed by atoms with E-state index in [1.807, 2.05) is 6.07 Å². The Morgan fingerprint density at radius 3 is 2.40 bits per heavy atom. The highest BCUT2D eigenvalue weighted by atomic mass is 35.5. The molecule has 104 valence electrons. The normalized spacial score (nSPS) is 10.2. The van der Waals surface area contributed by atoms with E-state index in [0.717, 1.165) is 11.1 Å². The van der Waals surface area contributed by atoms with Gasteiger partial charge < -0.3 is 14.6 Å². The zero-order chi connectivity index (χ0) is 14.7. The van der Waals surface area contributed by atoms with Crippen LogP contribution < -0.4 is 9.47 Å². The summed E-state index contributed by atoms with van der Waals surface area (Å²) in [6, 6.07) is 10.2. The Hall–Kier alpha value is -2.20. The third-order valence-electron chi connectivity index (χ3n) is 2.92. The van der Waals surface area contributed by atoms with Crippen molar-refractivity contribution in [1.82, 2.24) is 0 Å². The van der Waals surface area contributed by atoms with E-state index in [9.17, 15) is 4.79 Å². The minimum Gasteiger partial charge on any atom is -0.497 e.